The first kappa shape index (κ1) is 15.3. The number of carbonyl (C=O) groups excluding carboxylic acids is 1. The quantitative estimate of drug-likeness (QED) is 0.844. The van der Waals surface area contributed by atoms with Crippen LogP contribution in [0.25, 0.3) is 0 Å². The van der Waals surface area contributed by atoms with Gasteiger partial charge in [-0.05, 0) is 30.6 Å². The van der Waals surface area contributed by atoms with Gasteiger partial charge in [-0.1, -0.05) is 45.4 Å². The molecule has 0 aromatic heterocycles. The minimum Gasteiger partial charge on any atom is -0.342 e. The molecule has 1 saturated carbocycles. The van der Waals surface area contributed by atoms with Crippen molar-refractivity contribution < 1.29 is 4.79 Å². The Morgan fingerprint density at radius 3 is 2.43 bits per heavy atom. The van der Waals surface area contributed by atoms with E-state index < -0.39 is 0 Å². The summed E-state index contributed by atoms with van der Waals surface area (Å²) in [6, 6.07) is 0. The molecule has 0 aromatic rings. The lowest BCUT2D eigenvalue weighted by molar-refractivity contribution is -0.135. The van der Waals surface area contributed by atoms with E-state index in [0.717, 1.165) is 63.2 Å². The van der Waals surface area contributed by atoms with Crippen molar-refractivity contribution in [3.8, 4) is 0 Å². The number of hydrogen-bond acceptors (Lipinski definition) is 2. The molecule has 1 N–H and O–H groups in total. The van der Waals surface area contributed by atoms with E-state index in [2.05, 4.69) is 17.1 Å². The van der Waals surface area contributed by atoms with E-state index in [0.29, 0.717) is 11.8 Å². The molecule has 3 heteroatoms. The fourth-order valence-electron chi connectivity index (χ4n) is 4.81. The first-order chi connectivity index (χ1) is 10.3. The van der Waals surface area contributed by atoms with E-state index in [-0.39, 0.29) is 0 Å². The highest BCUT2D eigenvalue weighted by Crippen LogP contribution is 2.33. The second-order valence-electron chi connectivity index (χ2n) is 7.65. The Hall–Kier alpha value is -0.570. The summed E-state index contributed by atoms with van der Waals surface area (Å²) in [7, 11) is 0. The Morgan fingerprint density at radius 1 is 1.14 bits per heavy atom. The largest absolute Gasteiger partial charge is 0.342 e. The van der Waals surface area contributed by atoms with Crippen molar-refractivity contribution in [3.63, 3.8) is 0 Å². The van der Waals surface area contributed by atoms with Crippen LogP contribution in [0, 0.1) is 23.7 Å². The van der Waals surface area contributed by atoms with Crippen LogP contribution >= 0.6 is 0 Å². The lowest BCUT2D eigenvalue weighted by Crippen LogP contribution is -2.37. The summed E-state index contributed by atoms with van der Waals surface area (Å²) in [5.74, 6) is 3.07. The molecule has 1 aliphatic carbocycles. The van der Waals surface area contributed by atoms with Crippen LogP contribution < -0.4 is 5.32 Å². The summed E-state index contributed by atoms with van der Waals surface area (Å²) in [6.07, 6.45) is 10.3. The summed E-state index contributed by atoms with van der Waals surface area (Å²) in [6.45, 7) is 6.50. The molecule has 120 valence electrons. The van der Waals surface area contributed by atoms with Crippen LogP contribution in [0.15, 0.2) is 0 Å². The summed E-state index contributed by atoms with van der Waals surface area (Å²) < 4.78 is 0. The van der Waals surface area contributed by atoms with E-state index in [4.69, 9.17) is 0 Å². The SMILES string of the molecule is CCCC(CC1CCCCC1)C(=O)N1C[C@H]2CNC[C@H]2C1. The van der Waals surface area contributed by atoms with Gasteiger partial charge in [-0.25, -0.2) is 0 Å². The number of nitrogens with zero attached hydrogens (tertiary/aromatic N) is 1. The third-order valence-electron chi connectivity index (χ3n) is 6.03. The highest BCUT2D eigenvalue weighted by Gasteiger charge is 2.39. The number of nitrogens with one attached hydrogen (secondary N) is 1. The molecule has 2 heterocycles. The van der Waals surface area contributed by atoms with Crippen molar-refractivity contribution in [2.24, 2.45) is 23.7 Å². The molecular weight excluding hydrogens is 260 g/mol. The van der Waals surface area contributed by atoms with Gasteiger partial charge in [0, 0.05) is 32.1 Å². The zero-order valence-corrected chi connectivity index (χ0v) is 13.7. The molecule has 1 amide bonds. The van der Waals surface area contributed by atoms with Crippen LogP contribution in [0.5, 0.6) is 0 Å². The smallest absolute Gasteiger partial charge is 0.225 e. The Bertz CT molecular complexity index is 339. The predicted octanol–water partition coefficient (Wildman–Crippen LogP) is 3.05. The first-order valence-corrected chi connectivity index (χ1v) is 9.27. The molecule has 0 radical (unpaired) electrons. The van der Waals surface area contributed by atoms with E-state index in [1.807, 2.05) is 0 Å². The van der Waals surface area contributed by atoms with Gasteiger partial charge in [0.25, 0.3) is 0 Å². The Morgan fingerprint density at radius 2 is 1.81 bits per heavy atom. The average molecular weight is 292 g/mol. The Balaban J connectivity index is 1.56. The van der Waals surface area contributed by atoms with E-state index in [1.54, 1.807) is 0 Å². The predicted molar refractivity (Wildman–Crippen MR) is 86.0 cm³/mol. The van der Waals surface area contributed by atoms with E-state index in [9.17, 15) is 4.79 Å². The van der Waals surface area contributed by atoms with Gasteiger partial charge < -0.3 is 10.2 Å². The molecule has 3 aliphatic rings. The van der Waals surface area contributed by atoms with Gasteiger partial charge in [-0.15, -0.1) is 0 Å². The van der Waals surface area contributed by atoms with Gasteiger partial charge in [0.05, 0.1) is 0 Å². The van der Waals surface area contributed by atoms with Gasteiger partial charge in [-0.2, -0.15) is 0 Å². The minimum absolute atomic E-state index is 0.310. The third-order valence-corrected chi connectivity index (χ3v) is 6.03. The second-order valence-corrected chi connectivity index (χ2v) is 7.65. The van der Waals surface area contributed by atoms with E-state index in [1.165, 1.54) is 32.1 Å². The summed E-state index contributed by atoms with van der Waals surface area (Å²) in [5, 5.41) is 3.47. The number of hydrogen-bond donors (Lipinski definition) is 1. The summed E-state index contributed by atoms with van der Waals surface area (Å²) >= 11 is 0. The van der Waals surface area contributed by atoms with Crippen LogP contribution in [0.4, 0.5) is 0 Å². The molecule has 3 rings (SSSR count). The lowest BCUT2D eigenvalue weighted by atomic mass is 9.81. The summed E-state index contributed by atoms with van der Waals surface area (Å²) in [4.78, 5) is 15.2. The molecule has 1 unspecified atom stereocenters. The van der Waals surface area contributed by atoms with Crippen molar-refractivity contribution in [3.05, 3.63) is 0 Å². The van der Waals surface area contributed by atoms with Gasteiger partial charge in [0.15, 0.2) is 0 Å². The van der Waals surface area contributed by atoms with Crippen molar-refractivity contribution in [1.82, 2.24) is 10.2 Å². The zero-order chi connectivity index (χ0) is 14.7. The van der Waals surface area contributed by atoms with Gasteiger partial charge in [-0.3, -0.25) is 4.79 Å². The molecular formula is C18H32N2O. The number of likely N-dealkylation sites (tertiary alicyclic amines) is 1. The van der Waals surface area contributed by atoms with Crippen LogP contribution in [0.1, 0.15) is 58.3 Å². The lowest BCUT2D eigenvalue weighted by Gasteiger charge is -2.29. The summed E-state index contributed by atoms with van der Waals surface area (Å²) in [5.41, 5.74) is 0. The normalized spacial score (nSPS) is 31.4. The topological polar surface area (TPSA) is 32.3 Å². The maximum absolute atomic E-state index is 12.9. The number of rotatable bonds is 5. The monoisotopic (exact) mass is 292 g/mol. The van der Waals surface area contributed by atoms with Crippen LogP contribution in [-0.2, 0) is 4.79 Å². The van der Waals surface area contributed by atoms with Gasteiger partial charge >= 0.3 is 0 Å². The van der Waals surface area contributed by atoms with E-state index >= 15 is 0 Å². The molecule has 3 fully saturated rings. The molecule has 2 aliphatic heterocycles. The number of carbonyl (C=O) groups is 1. The maximum Gasteiger partial charge on any atom is 0.225 e. The molecule has 3 nitrogen and oxygen atoms in total. The van der Waals surface area contributed by atoms with Gasteiger partial charge in [0.2, 0.25) is 5.91 Å². The fourth-order valence-corrected chi connectivity index (χ4v) is 4.81. The average Bonchev–Trinajstić information content (AvgIpc) is 3.08. The van der Waals surface area contributed by atoms with Crippen LogP contribution in [0.3, 0.4) is 0 Å². The van der Waals surface area contributed by atoms with Crippen LogP contribution in [-0.4, -0.2) is 37.0 Å². The standard InChI is InChI=1S/C18H32N2O/c1-2-6-15(9-14-7-4-3-5-8-14)18(21)20-12-16-10-19-11-17(16)13-20/h14-17,19H,2-13H2,1H3/t15?,16-,17+. The number of amides is 1. The first-order valence-electron chi connectivity index (χ1n) is 9.27. The molecule has 21 heavy (non-hydrogen) atoms. The molecule has 2 saturated heterocycles. The molecule has 0 bridgehead atoms. The maximum atomic E-state index is 12.9. The highest BCUT2D eigenvalue weighted by atomic mass is 16.2. The Kier molecular flexibility index (Phi) is 5.20. The zero-order valence-electron chi connectivity index (χ0n) is 13.7. The van der Waals surface area contributed by atoms with Crippen LogP contribution in [0.2, 0.25) is 0 Å². The van der Waals surface area contributed by atoms with Crippen molar-refractivity contribution in [2.45, 2.75) is 58.3 Å². The fraction of sp³-hybridized carbons (Fsp3) is 0.944. The second kappa shape index (κ2) is 7.13. The highest BCUT2D eigenvalue weighted by molar-refractivity contribution is 5.79. The van der Waals surface area contributed by atoms with Gasteiger partial charge in [0.1, 0.15) is 0 Å². The molecule has 0 aromatic carbocycles. The molecule has 0 spiro atoms. The van der Waals surface area contributed by atoms with Crippen molar-refractivity contribution in [2.75, 3.05) is 26.2 Å². The van der Waals surface area contributed by atoms with Crippen molar-refractivity contribution >= 4 is 5.91 Å². The minimum atomic E-state index is 0.310. The number of fused-ring (bicyclic) bond motifs is 1. The molecule has 3 atom stereocenters. The Labute approximate surface area is 129 Å². The third kappa shape index (κ3) is 3.61. The van der Waals surface area contributed by atoms with Crippen molar-refractivity contribution in [1.29, 1.82) is 0 Å².